The molecule has 7 heteroatoms. The van der Waals surface area contributed by atoms with Crippen LogP contribution in [-0.4, -0.2) is 31.8 Å². The number of nitrogens with zero attached hydrogens (tertiary/aromatic N) is 4. The lowest BCUT2D eigenvalue weighted by Crippen LogP contribution is -2.14. The second-order valence-corrected chi connectivity index (χ2v) is 7.39. The van der Waals surface area contributed by atoms with Crippen LogP contribution in [0.4, 0.5) is 4.39 Å². The van der Waals surface area contributed by atoms with Crippen molar-refractivity contribution in [1.29, 1.82) is 5.41 Å². The fourth-order valence-electron chi connectivity index (χ4n) is 3.19. The number of aryl methyl sites for hydroxylation is 1. The Kier molecular flexibility index (Phi) is 4.66. The molecule has 0 saturated heterocycles. The van der Waals surface area contributed by atoms with Crippen LogP contribution in [0.2, 0.25) is 0 Å². The number of pyridine rings is 1. The number of halogens is 1. The van der Waals surface area contributed by atoms with Crippen molar-refractivity contribution in [3.8, 4) is 22.5 Å². The Bertz CT molecular complexity index is 1040. The van der Waals surface area contributed by atoms with Crippen molar-refractivity contribution >= 4 is 5.90 Å². The molecule has 4 rings (SSSR count). The van der Waals surface area contributed by atoms with Crippen molar-refractivity contribution in [2.45, 2.75) is 38.7 Å². The Labute approximate surface area is 162 Å². The zero-order valence-corrected chi connectivity index (χ0v) is 16.1. The summed E-state index contributed by atoms with van der Waals surface area (Å²) >= 11 is 0. The topological polar surface area (TPSA) is 76.7 Å². The maximum absolute atomic E-state index is 14.0. The fraction of sp³-hybridized carbons (Fsp3) is 0.333. The van der Waals surface area contributed by atoms with Crippen LogP contribution < -0.4 is 0 Å². The summed E-state index contributed by atoms with van der Waals surface area (Å²) in [7, 11) is 1.82. The van der Waals surface area contributed by atoms with Gasteiger partial charge in [0.05, 0.1) is 6.10 Å². The molecule has 0 aliphatic heterocycles. The minimum Gasteiger partial charge on any atom is -0.474 e. The third-order valence-corrected chi connectivity index (χ3v) is 4.67. The third kappa shape index (κ3) is 3.65. The van der Waals surface area contributed by atoms with E-state index in [1.54, 1.807) is 17.0 Å². The molecule has 144 valence electrons. The molecule has 0 radical (unpaired) electrons. The van der Waals surface area contributed by atoms with Crippen LogP contribution in [-0.2, 0) is 11.8 Å². The van der Waals surface area contributed by atoms with Crippen LogP contribution in [0, 0.1) is 11.2 Å². The van der Waals surface area contributed by atoms with E-state index >= 15 is 0 Å². The van der Waals surface area contributed by atoms with Gasteiger partial charge in [0.15, 0.2) is 5.82 Å². The van der Waals surface area contributed by atoms with Gasteiger partial charge in [-0.05, 0) is 62.1 Å². The summed E-state index contributed by atoms with van der Waals surface area (Å²) in [5, 5.41) is 16.3. The molecule has 6 nitrogen and oxygen atoms in total. The molecule has 1 aliphatic rings. The van der Waals surface area contributed by atoms with E-state index in [1.807, 2.05) is 33.0 Å². The predicted molar refractivity (Wildman–Crippen MR) is 105 cm³/mol. The monoisotopic (exact) mass is 379 g/mol. The molecule has 1 N–H and O–H groups in total. The lowest BCUT2D eigenvalue weighted by atomic mass is 9.97. The summed E-state index contributed by atoms with van der Waals surface area (Å²) in [5.41, 5.74) is 3.76. The van der Waals surface area contributed by atoms with Crippen molar-refractivity contribution < 1.29 is 9.13 Å². The van der Waals surface area contributed by atoms with Gasteiger partial charge in [0.25, 0.3) is 0 Å². The first-order chi connectivity index (χ1) is 13.4. The maximum atomic E-state index is 14.0. The van der Waals surface area contributed by atoms with Crippen molar-refractivity contribution in [2.75, 3.05) is 0 Å². The van der Waals surface area contributed by atoms with Gasteiger partial charge in [0.2, 0.25) is 5.90 Å². The highest BCUT2D eigenvalue weighted by Gasteiger charge is 2.27. The number of aromatic nitrogens is 4. The van der Waals surface area contributed by atoms with Crippen LogP contribution in [0.15, 0.2) is 36.7 Å². The van der Waals surface area contributed by atoms with Gasteiger partial charge < -0.3 is 9.30 Å². The van der Waals surface area contributed by atoms with Gasteiger partial charge in [-0.3, -0.25) is 5.41 Å². The van der Waals surface area contributed by atoms with E-state index in [-0.39, 0.29) is 17.8 Å². The number of hydrogen-bond donors (Lipinski definition) is 1. The summed E-state index contributed by atoms with van der Waals surface area (Å²) in [6.45, 7) is 3.76. The third-order valence-electron chi connectivity index (χ3n) is 4.67. The van der Waals surface area contributed by atoms with E-state index in [0.29, 0.717) is 23.0 Å². The van der Waals surface area contributed by atoms with Crippen molar-refractivity contribution in [3.63, 3.8) is 0 Å². The Morgan fingerprint density at radius 3 is 2.64 bits per heavy atom. The number of benzene rings is 1. The molecule has 0 bridgehead atoms. The van der Waals surface area contributed by atoms with E-state index in [0.717, 1.165) is 29.7 Å². The summed E-state index contributed by atoms with van der Waals surface area (Å²) in [6.07, 6.45) is 3.66. The maximum Gasteiger partial charge on any atom is 0.232 e. The first-order valence-electron chi connectivity index (χ1n) is 9.34. The summed E-state index contributed by atoms with van der Waals surface area (Å²) in [5.74, 6) is 0.689. The smallest absolute Gasteiger partial charge is 0.232 e. The summed E-state index contributed by atoms with van der Waals surface area (Å²) < 4.78 is 21.3. The van der Waals surface area contributed by atoms with Gasteiger partial charge in [0, 0.05) is 24.2 Å². The molecule has 1 aliphatic carbocycles. The summed E-state index contributed by atoms with van der Waals surface area (Å²) in [4.78, 5) is 4.64. The van der Waals surface area contributed by atoms with Crippen LogP contribution in [0.1, 0.15) is 44.0 Å². The van der Waals surface area contributed by atoms with Gasteiger partial charge in [-0.2, -0.15) is 0 Å². The second kappa shape index (κ2) is 7.14. The van der Waals surface area contributed by atoms with Crippen LogP contribution in [0.5, 0.6) is 0 Å². The molecule has 0 unspecified atom stereocenters. The van der Waals surface area contributed by atoms with Crippen molar-refractivity contribution in [2.24, 2.45) is 7.05 Å². The zero-order valence-electron chi connectivity index (χ0n) is 16.1. The van der Waals surface area contributed by atoms with Gasteiger partial charge in [-0.1, -0.05) is 6.07 Å². The van der Waals surface area contributed by atoms with Crippen LogP contribution >= 0.6 is 0 Å². The molecule has 3 aromatic rings. The second-order valence-electron chi connectivity index (χ2n) is 7.39. The Morgan fingerprint density at radius 2 is 2.00 bits per heavy atom. The minimum atomic E-state index is -0.339. The van der Waals surface area contributed by atoms with Gasteiger partial charge in [-0.15, -0.1) is 10.2 Å². The minimum absolute atomic E-state index is 0.0427. The number of hydrogen-bond acceptors (Lipinski definition) is 5. The molecule has 28 heavy (non-hydrogen) atoms. The van der Waals surface area contributed by atoms with Gasteiger partial charge in [-0.25, -0.2) is 9.37 Å². The molecule has 1 aromatic carbocycles. The summed E-state index contributed by atoms with van der Waals surface area (Å²) in [6, 6.07) is 8.48. The Balaban J connectivity index is 1.86. The Hall–Kier alpha value is -3.09. The SMILES string of the molecule is CC(C)OC(=N)c1cc(-c2ccc(F)cc2-c2nncn2C)cc(C2CC2)n1. The molecule has 0 atom stereocenters. The van der Waals surface area contributed by atoms with Crippen molar-refractivity contribution in [3.05, 3.63) is 53.9 Å². The normalized spacial score (nSPS) is 13.8. The molecule has 2 heterocycles. The largest absolute Gasteiger partial charge is 0.474 e. The zero-order chi connectivity index (χ0) is 19.8. The number of rotatable bonds is 5. The molecule has 1 saturated carbocycles. The highest BCUT2D eigenvalue weighted by molar-refractivity contribution is 5.92. The van der Waals surface area contributed by atoms with E-state index in [4.69, 9.17) is 10.1 Å². The van der Waals surface area contributed by atoms with Crippen molar-refractivity contribution in [1.82, 2.24) is 19.7 Å². The molecule has 0 amide bonds. The molecular weight excluding hydrogens is 357 g/mol. The van der Waals surface area contributed by atoms with Crippen LogP contribution in [0.3, 0.4) is 0 Å². The highest BCUT2D eigenvalue weighted by Crippen LogP contribution is 2.41. The van der Waals surface area contributed by atoms with Gasteiger partial charge in [0.1, 0.15) is 17.8 Å². The molecule has 1 fully saturated rings. The standard InChI is InChI=1S/C21H22FN5O/c1-12(2)28-20(23)19-9-14(8-18(25-19)13-4-5-13)16-7-6-15(22)10-17(16)21-26-24-11-27(21)3/h6-13,23H,4-5H2,1-3H3. The number of nitrogens with one attached hydrogen (secondary N) is 1. The first kappa shape index (κ1) is 18.3. The number of ether oxygens (including phenoxy) is 1. The van der Waals surface area contributed by atoms with E-state index in [2.05, 4.69) is 15.2 Å². The molecule has 0 spiro atoms. The first-order valence-corrected chi connectivity index (χ1v) is 9.34. The van der Waals surface area contributed by atoms with E-state index < -0.39 is 0 Å². The fourth-order valence-corrected chi connectivity index (χ4v) is 3.19. The lowest BCUT2D eigenvalue weighted by Gasteiger charge is -2.15. The van der Waals surface area contributed by atoms with Crippen LogP contribution in [0.25, 0.3) is 22.5 Å². The Morgan fingerprint density at radius 1 is 1.21 bits per heavy atom. The van der Waals surface area contributed by atoms with E-state index in [9.17, 15) is 4.39 Å². The average molecular weight is 379 g/mol. The average Bonchev–Trinajstić information content (AvgIpc) is 3.42. The predicted octanol–water partition coefficient (Wildman–Crippen LogP) is 4.31. The highest BCUT2D eigenvalue weighted by atomic mass is 19.1. The quantitative estimate of drug-likeness (QED) is 0.529. The lowest BCUT2D eigenvalue weighted by molar-refractivity contribution is 0.226. The molecule has 2 aromatic heterocycles. The van der Waals surface area contributed by atoms with E-state index in [1.165, 1.54) is 12.1 Å². The van der Waals surface area contributed by atoms with Gasteiger partial charge >= 0.3 is 0 Å². The molecular formula is C21H22FN5O.